The van der Waals surface area contributed by atoms with Crippen molar-refractivity contribution >= 4 is 38.6 Å². The van der Waals surface area contributed by atoms with Gasteiger partial charge in [0, 0.05) is 16.2 Å². The number of imidazole rings is 1. The maximum absolute atomic E-state index is 12.7. The molecule has 166 valence electrons. The zero-order valence-electron chi connectivity index (χ0n) is 17.9. The fourth-order valence-electron chi connectivity index (χ4n) is 5.09. The lowest BCUT2D eigenvalue weighted by molar-refractivity contribution is -0.127. The van der Waals surface area contributed by atoms with E-state index in [0.717, 1.165) is 40.0 Å². The Hall–Kier alpha value is -2.02. The number of hydrogen-bond donors (Lipinski definition) is 1. The highest BCUT2D eigenvalue weighted by Gasteiger charge is 2.34. The molecule has 1 aliphatic rings. The summed E-state index contributed by atoms with van der Waals surface area (Å²) >= 11 is 3.53. The van der Waals surface area contributed by atoms with Crippen LogP contribution in [-0.2, 0) is 6.42 Å². The molecule has 0 amide bonds. The average molecular weight is 494 g/mol. The molecule has 2 atom stereocenters. The molecule has 0 bridgehead atoms. The second-order valence-corrected chi connectivity index (χ2v) is 10.5. The summed E-state index contributed by atoms with van der Waals surface area (Å²) in [6.07, 6.45) is -1.80. The van der Waals surface area contributed by atoms with E-state index in [9.17, 15) is 13.2 Å². The highest BCUT2D eigenvalue weighted by Crippen LogP contribution is 2.46. The van der Waals surface area contributed by atoms with E-state index < -0.39 is 12.6 Å². The average Bonchev–Trinajstić information content (AvgIpc) is 2.97. The summed E-state index contributed by atoms with van der Waals surface area (Å²) in [7, 11) is 0. The predicted molar refractivity (Wildman–Crippen MR) is 123 cm³/mol. The Morgan fingerprint density at radius 2 is 1.84 bits per heavy atom. The summed E-state index contributed by atoms with van der Waals surface area (Å²) in [6, 6.07) is 12.8. The van der Waals surface area contributed by atoms with Crippen LogP contribution in [0, 0.1) is 11.3 Å². The number of fused-ring (bicyclic) bond motifs is 1. The van der Waals surface area contributed by atoms with Crippen LogP contribution in [0.25, 0.3) is 11.0 Å². The smallest absolute Gasteiger partial charge is 0.326 e. The van der Waals surface area contributed by atoms with Crippen molar-refractivity contribution in [1.29, 1.82) is 0 Å². The van der Waals surface area contributed by atoms with Gasteiger partial charge in [0.05, 0.1) is 17.5 Å². The van der Waals surface area contributed by atoms with E-state index in [-0.39, 0.29) is 11.0 Å². The molecule has 1 aliphatic carbocycles. The molecule has 0 saturated heterocycles. The topological polar surface area (TPSA) is 29.9 Å². The van der Waals surface area contributed by atoms with Crippen LogP contribution in [0.4, 0.5) is 24.8 Å². The molecule has 7 heteroatoms. The molecule has 1 N–H and O–H groups in total. The summed E-state index contributed by atoms with van der Waals surface area (Å²) in [5, 5.41) is 3.37. The van der Waals surface area contributed by atoms with Crippen molar-refractivity contribution in [3.63, 3.8) is 0 Å². The van der Waals surface area contributed by atoms with Crippen LogP contribution in [0.2, 0.25) is 0 Å². The fourth-order valence-corrected chi connectivity index (χ4v) is 5.44. The van der Waals surface area contributed by atoms with Gasteiger partial charge >= 0.3 is 6.18 Å². The first kappa shape index (κ1) is 22.2. The minimum Gasteiger partial charge on any atom is -0.326 e. The first-order valence-corrected chi connectivity index (χ1v) is 11.4. The number of nitrogens with one attached hydrogen (secondary N) is 1. The lowest BCUT2D eigenvalue weighted by Gasteiger charge is -2.40. The molecule has 1 saturated carbocycles. The van der Waals surface area contributed by atoms with Crippen LogP contribution in [0.15, 0.2) is 46.9 Å². The highest BCUT2D eigenvalue weighted by molar-refractivity contribution is 9.10. The predicted octanol–water partition coefficient (Wildman–Crippen LogP) is 8.03. The van der Waals surface area contributed by atoms with Crippen molar-refractivity contribution in [3.05, 3.63) is 52.5 Å². The Kier molecular flexibility index (Phi) is 5.83. The zero-order valence-corrected chi connectivity index (χ0v) is 19.5. The molecule has 1 heterocycles. The third-order valence-corrected chi connectivity index (χ3v) is 6.49. The monoisotopic (exact) mass is 493 g/mol. The molecule has 3 aromatic rings. The van der Waals surface area contributed by atoms with Gasteiger partial charge in [-0.1, -0.05) is 48.8 Å². The summed E-state index contributed by atoms with van der Waals surface area (Å²) in [6.45, 7) is 6.94. The van der Waals surface area contributed by atoms with Gasteiger partial charge in [-0.15, -0.1) is 0 Å². The molecule has 4 rings (SSSR count). The SMILES string of the molecule is CC1CC(n2c(Nc3ccc(CC(F)(F)F)cc3)nc3cc(Br)ccc32)CC(C)(C)C1. The fraction of sp³-hybridized carbons (Fsp3) is 0.458. The van der Waals surface area contributed by atoms with Crippen molar-refractivity contribution in [1.82, 2.24) is 9.55 Å². The molecule has 2 unspecified atom stereocenters. The van der Waals surface area contributed by atoms with E-state index in [1.165, 1.54) is 18.6 Å². The lowest BCUT2D eigenvalue weighted by atomic mass is 9.70. The van der Waals surface area contributed by atoms with Gasteiger partial charge < -0.3 is 9.88 Å². The van der Waals surface area contributed by atoms with Gasteiger partial charge in [-0.25, -0.2) is 4.98 Å². The Morgan fingerprint density at radius 1 is 1.13 bits per heavy atom. The summed E-state index contributed by atoms with van der Waals surface area (Å²) < 4.78 is 41.2. The molecule has 31 heavy (non-hydrogen) atoms. The van der Waals surface area contributed by atoms with Gasteiger partial charge in [0.1, 0.15) is 0 Å². The molecule has 1 fully saturated rings. The standard InChI is InChI=1S/C24H27BrF3N3/c1-15-10-19(14-23(2,3)12-15)31-21-9-6-17(25)11-20(21)30-22(31)29-18-7-4-16(5-8-18)13-24(26,27)28/h4-9,11,15,19H,10,12-14H2,1-3H3,(H,29,30). The number of nitrogens with zero attached hydrogens (tertiary/aromatic N) is 2. The van der Waals surface area contributed by atoms with Crippen LogP contribution in [0.5, 0.6) is 0 Å². The molecule has 3 nitrogen and oxygen atoms in total. The first-order valence-electron chi connectivity index (χ1n) is 10.6. The third-order valence-electron chi connectivity index (χ3n) is 6.00. The highest BCUT2D eigenvalue weighted by atomic mass is 79.9. The minimum atomic E-state index is -4.21. The molecule has 0 aliphatic heterocycles. The van der Waals surface area contributed by atoms with Crippen LogP contribution in [0.1, 0.15) is 51.6 Å². The van der Waals surface area contributed by atoms with Gasteiger partial charge in [-0.2, -0.15) is 13.2 Å². The van der Waals surface area contributed by atoms with Gasteiger partial charge in [0.15, 0.2) is 0 Å². The number of halogens is 4. The normalized spacial score (nSPS) is 21.4. The van der Waals surface area contributed by atoms with E-state index in [1.54, 1.807) is 12.1 Å². The number of anilines is 2. The van der Waals surface area contributed by atoms with Gasteiger partial charge in [0.25, 0.3) is 0 Å². The van der Waals surface area contributed by atoms with E-state index in [2.05, 4.69) is 52.7 Å². The largest absolute Gasteiger partial charge is 0.393 e. The quantitative estimate of drug-likeness (QED) is 0.398. The molecular formula is C24H27BrF3N3. The van der Waals surface area contributed by atoms with E-state index >= 15 is 0 Å². The number of rotatable bonds is 4. The third kappa shape index (κ3) is 5.25. The van der Waals surface area contributed by atoms with Crippen LogP contribution in [-0.4, -0.2) is 15.7 Å². The van der Waals surface area contributed by atoms with Gasteiger partial charge in [0.2, 0.25) is 5.95 Å². The van der Waals surface area contributed by atoms with Crippen molar-refractivity contribution in [2.24, 2.45) is 11.3 Å². The van der Waals surface area contributed by atoms with Crippen molar-refractivity contribution in [2.45, 2.75) is 58.7 Å². The van der Waals surface area contributed by atoms with E-state index in [0.29, 0.717) is 12.0 Å². The summed E-state index contributed by atoms with van der Waals surface area (Å²) in [4.78, 5) is 4.84. The first-order chi connectivity index (χ1) is 14.5. The van der Waals surface area contributed by atoms with E-state index in [1.807, 2.05) is 12.1 Å². The Bertz CT molecular complexity index is 1070. The van der Waals surface area contributed by atoms with Crippen molar-refractivity contribution in [3.8, 4) is 0 Å². The maximum Gasteiger partial charge on any atom is 0.393 e. The summed E-state index contributed by atoms with van der Waals surface area (Å²) in [5.74, 6) is 1.34. The number of hydrogen-bond acceptors (Lipinski definition) is 2. The second-order valence-electron chi connectivity index (χ2n) is 9.62. The van der Waals surface area contributed by atoms with Crippen molar-refractivity contribution in [2.75, 3.05) is 5.32 Å². The lowest BCUT2D eigenvalue weighted by Crippen LogP contribution is -2.29. The Balaban J connectivity index is 1.70. The van der Waals surface area contributed by atoms with Crippen LogP contribution in [0.3, 0.4) is 0 Å². The molecule has 0 spiro atoms. The zero-order chi connectivity index (χ0) is 22.4. The van der Waals surface area contributed by atoms with E-state index in [4.69, 9.17) is 4.98 Å². The number of alkyl halides is 3. The number of aromatic nitrogens is 2. The van der Waals surface area contributed by atoms with Gasteiger partial charge in [-0.3, -0.25) is 0 Å². The Labute approximate surface area is 189 Å². The minimum absolute atomic E-state index is 0.241. The summed E-state index contributed by atoms with van der Waals surface area (Å²) in [5.41, 5.74) is 3.17. The van der Waals surface area contributed by atoms with Crippen LogP contribution < -0.4 is 5.32 Å². The number of benzene rings is 2. The molecule has 0 radical (unpaired) electrons. The Morgan fingerprint density at radius 3 is 2.48 bits per heavy atom. The molecule has 2 aromatic carbocycles. The second kappa shape index (κ2) is 8.15. The van der Waals surface area contributed by atoms with Crippen LogP contribution >= 0.6 is 15.9 Å². The molecular weight excluding hydrogens is 467 g/mol. The maximum atomic E-state index is 12.7. The molecule has 1 aromatic heterocycles. The van der Waals surface area contributed by atoms with Crippen molar-refractivity contribution < 1.29 is 13.2 Å². The van der Waals surface area contributed by atoms with Gasteiger partial charge in [-0.05, 0) is 66.5 Å².